The summed E-state index contributed by atoms with van der Waals surface area (Å²) in [6, 6.07) is 2.47. The first-order chi connectivity index (χ1) is 11.1. The second-order valence-corrected chi connectivity index (χ2v) is 6.12. The van der Waals surface area contributed by atoms with Crippen LogP contribution in [0.1, 0.15) is 29.5 Å². The van der Waals surface area contributed by atoms with Crippen LogP contribution in [0.25, 0.3) is 0 Å². The van der Waals surface area contributed by atoms with Crippen LogP contribution in [-0.4, -0.2) is 23.0 Å². The minimum atomic E-state index is -0.646. The number of aryl methyl sites for hydroxylation is 1. The Bertz CT molecular complexity index is 639. The van der Waals surface area contributed by atoms with Gasteiger partial charge in [0.25, 0.3) is 0 Å². The third-order valence-electron chi connectivity index (χ3n) is 3.11. The van der Waals surface area contributed by atoms with Crippen LogP contribution in [0.4, 0.5) is 4.79 Å². The Kier molecular flexibility index (Phi) is 6.16. The molecule has 0 spiro atoms. The molecular formula is C15H20N4O3S. The first-order valence-corrected chi connectivity index (χ1v) is 8.18. The summed E-state index contributed by atoms with van der Waals surface area (Å²) < 4.78 is 5.12. The molecule has 0 saturated heterocycles. The SMILES string of the molecule is CCc1cnc(CNC(=O)N[C@@H](C)C(=O)NCc2ccco2)s1. The molecule has 0 unspecified atom stereocenters. The molecule has 0 aromatic carbocycles. The minimum absolute atomic E-state index is 0.279. The van der Waals surface area contributed by atoms with Gasteiger partial charge < -0.3 is 20.4 Å². The van der Waals surface area contributed by atoms with E-state index in [1.54, 1.807) is 36.7 Å². The number of furan rings is 1. The highest BCUT2D eigenvalue weighted by Crippen LogP contribution is 2.12. The maximum Gasteiger partial charge on any atom is 0.315 e. The molecule has 0 aliphatic carbocycles. The first kappa shape index (κ1) is 17.0. The fourth-order valence-electron chi connectivity index (χ4n) is 1.80. The molecule has 0 aliphatic heterocycles. The van der Waals surface area contributed by atoms with E-state index in [9.17, 15) is 9.59 Å². The molecular weight excluding hydrogens is 316 g/mol. The highest BCUT2D eigenvalue weighted by Gasteiger charge is 2.15. The van der Waals surface area contributed by atoms with Crippen LogP contribution in [0.3, 0.4) is 0 Å². The summed E-state index contributed by atoms with van der Waals surface area (Å²) in [7, 11) is 0. The second-order valence-electron chi connectivity index (χ2n) is 4.92. The van der Waals surface area contributed by atoms with Gasteiger partial charge in [-0.3, -0.25) is 4.79 Å². The van der Waals surface area contributed by atoms with Gasteiger partial charge >= 0.3 is 6.03 Å². The van der Waals surface area contributed by atoms with Gasteiger partial charge in [0.2, 0.25) is 5.91 Å². The molecule has 2 rings (SSSR count). The zero-order valence-electron chi connectivity index (χ0n) is 13.1. The highest BCUT2D eigenvalue weighted by molar-refractivity contribution is 7.11. The second kappa shape index (κ2) is 8.33. The fourth-order valence-corrected chi connectivity index (χ4v) is 2.60. The summed E-state index contributed by atoms with van der Waals surface area (Å²) in [5.41, 5.74) is 0. The summed E-state index contributed by atoms with van der Waals surface area (Å²) in [4.78, 5) is 29.1. The van der Waals surface area contributed by atoms with Gasteiger partial charge in [0, 0.05) is 11.1 Å². The summed E-state index contributed by atoms with van der Waals surface area (Å²) in [6.45, 7) is 4.31. The van der Waals surface area contributed by atoms with Crippen LogP contribution in [-0.2, 0) is 24.3 Å². The Morgan fingerprint density at radius 1 is 1.35 bits per heavy atom. The molecule has 0 fully saturated rings. The third kappa shape index (κ3) is 5.41. The molecule has 2 heterocycles. The van der Waals surface area contributed by atoms with Crippen molar-refractivity contribution in [2.45, 2.75) is 39.4 Å². The Morgan fingerprint density at radius 3 is 2.83 bits per heavy atom. The number of hydrogen-bond donors (Lipinski definition) is 3. The number of amides is 3. The van der Waals surface area contributed by atoms with E-state index in [0.717, 1.165) is 11.4 Å². The number of urea groups is 1. The average molecular weight is 336 g/mol. The molecule has 23 heavy (non-hydrogen) atoms. The normalized spacial score (nSPS) is 11.7. The van der Waals surface area contributed by atoms with E-state index >= 15 is 0 Å². The number of nitrogens with one attached hydrogen (secondary N) is 3. The maximum absolute atomic E-state index is 11.9. The van der Waals surface area contributed by atoms with Crippen molar-refractivity contribution in [2.24, 2.45) is 0 Å². The molecule has 2 aromatic rings. The van der Waals surface area contributed by atoms with Crippen LogP contribution in [0.5, 0.6) is 0 Å². The Hall–Kier alpha value is -2.35. The molecule has 3 N–H and O–H groups in total. The van der Waals surface area contributed by atoms with Gasteiger partial charge in [0.05, 0.1) is 19.4 Å². The number of aromatic nitrogens is 1. The van der Waals surface area contributed by atoms with Crippen LogP contribution in [0.2, 0.25) is 0 Å². The average Bonchev–Trinajstić information content (AvgIpc) is 3.21. The summed E-state index contributed by atoms with van der Waals surface area (Å²) in [5, 5.41) is 8.81. The predicted octanol–water partition coefficient (Wildman–Crippen LogP) is 1.80. The molecule has 7 nitrogen and oxygen atoms in total. The van der Waals surface area contributed by atoms with Gasteiger partial charge in [0.15, 0.2) is 0 Å². The van der Waals surface area contributed by atoms with Gasteiger partial charge in [-0.05, 0) is 25.5 Å². The standard InChI is InChI=1S/C15H20N4O3S/c1-3-12-8-16-13(23-12)9-18-15(21)19-10(2)14(20)17-7-11-5-4-6-22-11/h4-6,8,10H,3,7,9H2,1-2H3,(H,17,20)(H2,18,19,21)/t10-/m0/s1. The lowest BCUT2D eigenvalue weighted by molar-refractivity contribution is -0.122. The van der Waals surface area contributed by atoms with Crippen molar-refractivity contribution >= 4 is 23.3 Å². The predicted molar refractivity (Wildman–Crippen MR) is 86.9 cm³/mol. The number of nitrogens with zero attached hydrogens (tertiary/aromatic N) is 1. The molecule has 8 heteroatoms. The summed E-state index contributed by atoms with van der Waals surface area (Å²) in [5.74, 6) is 0.379. The number of hydrogen-bond acceptors (Lipinski definition) is 5. The van der Waals surface area contributed by atoms with Crippen LogP contribution in [0.15, 0.2) is 29.0 Å². The van der Waals surface area contributed by atoms with Gasteiger partial charge in [-0.15, -0.1) is 11.3 Å². The Balaban J connectivity index is 1.69. The van der Waals surface area contributed by atoms with Gasteiger partial charge in [-0.25, -0.2) is 9.78 Å². The van der Waals surface area contributed by atoms with Crippen molar-refractivity contribution in [3.63, 3.8) is 0 Å². The quantitative estimate of drug-likeness (QED) is 0.718. The summed E-state index contributed by atoms with van der Waals surface area (Å²) in [6.07, 6.45) is 4.28. The third-order valence-corrected chi connectivity index (χ3v) is 4.25. The fraction of sp³-hybridized carbons (Fsp3) is 0.400. The number of thiazole rings is 1. The lowest BCUT2D eigenvalue weighted by Crippen LogP contribution is -2.48. The smallest absolute Gasteiger partial charge is 0.315 e. The van der Waals surface area contributed by atoms with Crippen molar-refractivity contribution in [1.82, 2.24) is 20.9 Å². The van der Waals surface area contributed by atoms with Crippen molar-refractivity contribution in [1.29, 1.82) is 0 Å². The van der Waals surface area contributed by atoms with Crippen molar-refractivity contribution < 1.29 is 14.0 Å². The number of rotatable bonds is 7. The Labute approximate surface area is 138 Å². The number of carbonyl (C=O) groups is 2. The van der Waals surface area contributed by atoms with Crippen LogP contribution in [0, 0.1) is 0 Å². The van der Waals surface area contributed by atoms with Gasteiger partial charge in [-0.2, -0.15) is 0 Å². The van der Waals surface area contributed by atoms with E-state index in [1.807, 2.05) is 6.20 Å². The lowest BCUT2D eigenvalue weighted by atomic mass is 10.3. The molecule has 1 atom stereocenters. The van der Waals surface area contributed by atoms with Gasteiger partial charge in [0.1, 0.15) is 16.8 Å². The minimum Gasteiger partial charge on any atom is -0.467 e. The zero-order valence-corrected chi connectivity index (χ0v) is 13.9. The lowest BCUT2D eigenvalue weighted by Gasteiger charge is -2.14. The van der Waals surface area contributed by atoms with Crippen molar-refractivity contribution in [3.05, 3.63) is 40.2 Å². The van der Waals surface area contributed by atoms with Crippen molar-refractivity contribution in [3.8, 4) is 0 Å². The van der Waals surface area contributed by atoms with Crippen molar-refractivity contribution in [2.75, 3.05) is 0 Å². The van der Waals surface area contributed by atoms with Crippen LogP contribution >= 0.6 is 11.3 Å². The van der Waals surface area contributed by atoms with E-state index in [4.69, 9.17) is 4.42 Å². The van der Waals surface area contributed by atoms with Gasteiger partial charge in [-0.1, -0.05) is 6.92 Å². The topological polar surface area (TPSA) is 96.3 Å². The van der Waals surface area contributed by atoms with E-state index in [-0.39, 0.29) is 5.91 Å². The molecule has 0 bridgehead atoms. The largest absolute Gasteiger partial charge is 0.467 e. The van der Waals surface area contributed by atoms with E-state index in [0.29, 0.717) is 18.8 Å². The highest BCUT2D eigenvalue weighted by atomic mass is 32.1. The zero-order chi connectivity index (χ0) is 16.7. The maximum atomic E-state index is 11.9. The van der Waals surface area contributed by atoms with Crippen LogP contribution < -0.4 is 16.0 Å². The Morgan fingerprint density at radius 2 is 2.17 bits per heavy atom. The molecule has 2 aromatic heterocycles. The summed E-state index contributed by atoms with van der Waals surface area (Å²) >= 11 is 1.56. The van der Waals surface area contributed by atoms with E-state index < -0.39 is 12.1 Å². The number of carbonyl (C=O) groups excluding carboxylic acids is 2. The molecule has 124 valence electrons. The monoisotopic (exact) mass is 336 g/mol. The first-order valence-electron chi connectivity index (χ1n) is 7.36. The van der Waals surface area contributed by atoms with E-state index in [1.165, 1.54) is 4.88 Å². The molecule has 3 amide bonds. The van der Waals surface area contributed by atoms with E-state index in [2.05, 4.69) is 27.9 Å². The molecule has 0 radical (unpaired) electrons. The molecule has 0 saturated carbocycles. The molecule has 0 aliphatic rings.